The molecule has 182 valence electrons. The Balaban J connectivity index is 1.48. The molecule has 1 aliphatic heterocycles. The van der Waals surface area contributed by atoms with Gasteiger partial charge in [0.05, 0.1) is 13.2 Å². The molecule has 2 heterocycles. The molecular weight excluding hydrogens is 434 g/mol. The van der Waals surface area contributed by atoms with Gasteiger partial charge in [-0.1, -0.05) is 18.9 Å². The van der Waals surface area contributed by atoms with Gasteiger partial charge in [0.25, 0.3) is 5.91 Å². The predicted molar refractivity (Wildman–Crippen MR) is 127 cm³/mol. The van der Waals surface area contributed by atoms with E-state index in [0.29, 0.717) is 30.2 Å². The van der Waals surface area contributed by atoms with E-state index in [2.05, 4.69) is 21.7 Å². The summed E-state index contributed by atoms with van der Waals surface area (Å²) in [6, 6.07) is 8.04. The molecule has 9 nitrogen and oxygen atoms in total. The molecule has 0 bridgehead atoms. The van der Waals surface area contributed by atoms with E-state index < -0.39 is 18.3 Å². The molecule has 2 aromatic rings. The number of fused-ring (bicyclic) bond motifs is 1. The molecule has 1 aliphatic carbocycles. The van der Waals surface area contributed by atoms with E-state index in [1.807, 2.05) is 18.2 Å². The second kappa shape index (κ2) is 10.5. The van der Waals surface area contributed by atoms with Crippen LogP contribution >= 0.6 is 0 Å². The average Bonchev–Trinajstić information content (AvgIpc) is 3.56. The van der Waals surface area contributed by atoms with Crippen molar-refractivity contribution in [2.45, 2.75) is 56.8 Å². The average molecular weight is 468 g/mol. The summed E-state index contributed by atoms with van der Waals surface area (Å²) in [5.74, 6) is 0.347. The zero-order valence-corrected chi connectivity index (χ0v) is 19.7. The summed E-state index contributed by atoms with van der Waals surface area (Å²) in [4.78, 5) is 31.2. The maximum atomic E-state index is 13.3. The highest BCUT2D eigenvalue weighted by Gasteiger charge is 2.36. The minimum Gasteiger partial charge on any atom is -0.496 e. The molecular formula is C25H33N5O4. The largest absolute Gasteiger partial charge is 0.496 e. The molecule has 2 aliphatic rings. The van der Waals surface area contributed by atoms with Crippen molar-refractivity contribution >= 4 is 22.7 Å². The monoisotopic (exact) mass is 467 g/mol. The van der Waals surface area contributed by atoms with Crippen LogP contribution in [0.15, 0.2) is 24.3 Å². The molecule has 2 fully saturated rings. The molecule has 4 rings (SSSR count). The van der Waals surface area contributed by atoms with Gasteiger partial charge in [-0.2, -0.15) is 5.26 Å². The first-order valence-corrected chi connectivity index (χ1v) is 12.0. The topological polar surface area (TPSA) is 130 Å². The summed E-state index contributed by atoms with van der Waals surface area (Å²) >= 11 is 0. The smallest absolute Gasteiger partial charge is 0.270 e. The highest BCUT2D eigenvalue weighted by atomic mass is 16.5. The fourth-order valence-corrected chi connectivity index (χ4v) is 4.76. The van der Waals surface area contributed by atoms with Crippen LogP contribution in [-0.2, 0) is 4.79 Å². The molecule has 0 radical (unpaired) electrons. The first-order chi connectivity index (χ1) is 16.4. The van der Waals surface area contributed by atoms with Crippen LogP contribution in [0.1, 0.15) is 49.0 Å². The molecule has 0 spiro atoms. The van der Waals surface area contributed by atoms with E-state index >= 15 is 0 Å². The number of carbonyl (C=O) groups excluding carboxylic acids is 2. The number of ether oxygens (including phenoxy) is 1. The molecule has 4 atom stereocenters. The Labute approximate surface area is 199 Å². The summed E-state index contributed by atoms with van der Waals surface area (Å²) in [5.41, 5.74) is 1.16. The molecule has 1 aromatic carbocycles. The van der Waals surface area contributed by atoms with Gasteiger partial charge in [0.15, 0.2) is 0 Å². The zero-order chi connectivity index (χ0) is 24.2. The number of piperidine rings is 1. The number of aromatic amines is 1. The van der Waals surface area contributed by atoms with Crippen molar-refractivity contribution in [2.75, 3.05) is 20.7 Å². The number of likely N-dealkylation sites (N-methyl/N-ethyl adjacent to an activating group) is 1. The molecule has 2 amide bonds. The second-order valence-electron chi connectivity index (χ2n) is 9.44. The van der Waals surface area contributed by atoms with Crippen molar-refractivity contribution in [3.05, 3.63) is 30.0 Å². The number of hydrogen-bond acceptors (Lipinski definition) is 6. The van der Waals surface area contributed by atoms with Crippen LogP contribution in [0.5, 0.6) is 5.75 Å². The fourth-order valence-electron chi connectivity index (χ4n) is 4.76. The SMILES string of the molecule is COc1cccc2[nH]c(C(=O)N(C)[C@@H](CC3CC3)C(=O)N[C@H](C#N)C[C@@H]3CCCNC3O)cc12. The lowest BCUT2D eigenvalue weighted by molar-refractivity contribution is -0.126. The standard InChI is InChI=1S/C25H33N5O4/c1-30(25(33)20-13-18-19(29-20)6-3-7-22(18)34-2)21(11-15-8-9-15)24(32)28-17(14-26)12-16-5-4-10-27-23(16)31/h3,6-7,13,15-17,21,23,27,29,31H,4-5,8-12H2,1-2H3,(H,28,32)/t16-,17-,21-,23?/m0/s1. The lowest BCUT2D eigenvalue weighted by Crippen LogP contribution is -2.51. The number of amides is 2. The van der Waals surface area contributed by atoms with Crippen LogP contribution in [0.25, 0.3) is 10.9 Å². The Bertz CT molecular complexity index is 1070. The van der Waals surface area contributed by atoms with Crippen molar-refractivity contribution in [3.8, 4) is 11.8 Å². The van der Waals surface area contributed by atoms with Gasteiger partial charge in [0.1, 0.15) is 29.8 Å². The Morgan fingerprint density at radius 3 is 2.79 bits per heavy atom. The van der Waals surface area contributed by atoms with Gasteiger partial charge in [0, 0.05) is 23.9 Å². The van der Waals surface area contributed by atoms with Crippen LogP contribution < -0.4 is 15.4 Å². The number of methoxy groups -OCH3 is 1. The minimum atomic E-state index is -0.727. The molecule has 9 heteroatoms. The van der Waals surface area contributed by atoms with Crippen LogP contribution in [-0.4, -0.2) is 65.8 Å². The van der Waals surface area contributed by atoms with Crippen molar-refractivity contribution in [3.63, 3.8) is 0 Å². The highest BCUT2D eigenvalue weighted by Crippen LogP contribution is 2.35. The summed E-state index contributed by atoms with van der Waals surface area (Å²) in [6.45, 7) is 0.747. The molecule has 1 saturated heterocycles. The number of nitrogens with one attached hydrogen (secondary N) is 3. The normalized spacial score (nSPS) is 21.9. The lowest BCUT2D eigenvalue weighted by Gasteiger charge is -2.31. The second-order valence-corrected chi connectivity index (χ2v) is 9.44. The van der Waals surface area contributed by atoms with Crippen LogP contribution in [0.4, 0.5) is 0 Å². The molecule has 4 N–H and O–H groups in total. The highest BCUT2D eigenvalue weighted by molar-refractivity contribution is 6.01. The van der Waals surface area contributed by atoms with Crippen LogP contribution in [0.2, 0.25) is 0 Å². The Morgan fingerprint density at radius 2 is 2.12 bits per heavy atom. The summed E-state index contributed by atoms with van der Waals surface area (Å²) < 4.78 is 5.39. The number of aliphatic hydroxyl groups is 1. The molecule has 1 aromatic heterocycles. The first-order valence-electron chi connectivity index (χ1n) is 12.0. The minimum absolute atomic E-state index is 0.0960. The summed E-state index contributed by atoms with van der Waals surface area (Å²) in [6.07, 6.45) is 4.05. The predicted octanol–water partition coefficient (Wildman–Crippen LogP) is 2.13. The van der Waals surface area contributed by atoms with Crippen molar-refractivity contribution in [2.24, 2.45) is 11.8 Å². The van der Waals surface area contributed by atoms with Crippen LogP contribution in [0, 0.1) is 23.2 Å². The van der Waals surface area contributed by atoms with Crippen molar-refractivity contribution in [1.82, 2.24) is 20.5 Å². The van der Waals surface area contributed by atoms with E-state index in [1.165, 1.54) is 4.90 Å². The maximum Gasteiger partial charge on any atom is 0.270 e. The van der Waals surface area contributed by atoms with Crippen molar-refractivity contribution < 1.29 is 19.4 Å². The number of aromatic nitrogens is 1. The third-order valence-electron chi connectivity index (χ3n) is 6.98. The number of rotatable bonds is 9. The molecule has 1 unspecified atom stereocenters. The van der Waals surface area contributed by atoms with Gasteiger partial charge in [-0.05, 0) is 56.3 Å². The van der Waals surface area contributed by atoms with Crippen LogP contribution in [0.3, 0.4) is 0 Å². The van der Waals surface area contributed by atoms with Gasteiger partial charge < -0.3 is 25.0 Å². The zero-order valence-electron chi connectivity index (χ0n) is 19.7. The quantitative estimate of drug-likeness (QED) is 0.447. The van der Waals surface area contributed by atoms with E-state index in [4.69, 9.17) is 4.74 Å². The Hall–Kier alpha value is -3.09. The molecule has 34 heavy (non-hydrogen) atoms. The van der Waals surface area contributed by atoms with Gasteiger partial charge >= 0.3 is 0 Å². The fraction of sp³-hybridized carbons (Fsp3) is 0.560. The number of H-pyrrole nitrogens is 1. The Kier molecular flexibility index (Phi) is 7.39. The Morgan fingerprint density at radius 1 is 1.32 bits per heavy atom. The first kappa shape index (κ1) is 24.0. The summed E-state index contributed by atoms with van der Waals surface area (Å²) in [7, 11) is 3.22. The summed E-state index contributed by atoms with van der Waals surface area (Å²) in [5, 5.41) is 26.5. The van der Waals surface area contributed by atoms with Gasteiger partial charge in [-0.3, -0.25) is 14.9 Å². The molecule has 1 saturated carbocycles. The van der Waals surface area contributed by atoms with Gasteiger partial charge in [-0.25, -0.2) is 0 Å². The number of nitrogens with zero attached hydrogens (tertiary/aromatic N) is 2. The van der Waals surface area contributed by atoms with Gasteiger partial charge in [-0.15, -0.1) is 0 Å². The number of nitriles is 1. The number of aliphatic hydroxyl groups excluding tert-OH is 1. The van der Waals surface area contributed by atoms with E-state index in [1.54, 1.807) is 20.2 Å². The third-order valence-corrected chi connectivity index (χ3v) is 6.98. The number of hydrogen-bond donors (Lipinski definition) is 4. The van der Waals surface area contributed by atoms with Crippen molar-refractivity contribution in [1.29, 1.82) is 5.26 Å². The maximum absolute atomic E-state index is 13.3. The van der Waals surface area contributed by atoms with E-state index in [-0.39, 0.29) is 17.7 Å². The van der Waals surface area contributed by atoms with Gasteiger partial charge in [0.2, 0.25) is 5.91 Å². The third kappa shape index (κ3) is 5.34. The number of benzene rings is 1. The number of carbonyl (C=O) groups is 2. The lowest BCUT2D eigenvalue weighted by atomic mass is 9.91. The van der Waals surface area contributed by atoms with E-state index in [9.17, 15) is 20.0 Å². The van der Waals surface area contributed by atoms with E-state index in [0.717, 1.165) is 43.1 Å².